The van der Waals surface area contributed by atoms with Crippen molar-refractivity contribution >= 4 is 50.5 Å². The summed E-state index contributed by atoms with van der Waals surface area (Å²) >= 11 is 12.1. The molecule has 5 nitrogen and oxygen atoms in total. The molecule has 0 saturated carbocycles. The minimum absolute atomic E-state index is 0.251. The van der Waals surface area contributed by atoms with E-state index in [0.717, 1.165) is 22.5 Å². The van der Waals surface area contributed by atoms with Gasteiger partial charge in [0.2, 0.25) is 15.9 Å². The summed E-state index contributed by atoms with van der Waals surface area (Å²) in [6.45, 7) is 3.74. The number of para-hydroxylation sites is 1. The number of anilines is 2. The number of hydrogen-bond acceptors (Lipinski definition) is 3. The zero-order valence-corrected chi connectivity index (χ0v) is 17.7. The standard InChI is InChI=1S/C19H22Cl2N2O3S/c1-4-13-8-6-7-9-17(13)22-19(24)18(5-2)23(27(3,25)26)16-11-14(20)10-15(21)12-16/h6-12,18H,4-5H2,1-3H3,(H,22,24). The summed E-state index contributed by atoms with van der Waals surface area (Å²) in [5, 5.41) is 3.43. The molecule has 0 spiro atoms. The Hall–Kier alpha value is -1.76. The number of hydrogen-bond donors (Lipinski definition) is 1. The second kappa shape index (κ2) is 8.95. The molecule has 1 amide bonds. The minimum atomic E-state index is -3.76. The first-order valence-electron chi connectivity index (χ1n) is 8.51. The summed E-state index contributed by atoms with van der Waals surface area (Å²) in [6.07, 6.45) is 2.07. The topological polar surface area (TPSA) is 66.5 Å². The lowest BCUT2D eigenvalue weighted by molar-refractivity contribution is -0.117. The first kappa shape index (κ1) is 21.5. The Morgan fingerprint density at radius 2 is 1.70 bits per heavy atom. The number of nitrogens with one attached hydrogen (secondary N) is 1. The average Bonchev–Trinajstić information content (AvgIpc) is 2.57. The first-order chi connectivity index (χ1) is 12.7. The summed E-state index contributed by atoms with van der Waals surface area (Å²) in [6, 6.07) is 10.9. The molecule has 8 heteroatoms. The molecular formula is C19H22Cl2N2O3S. The van der Waals surface area contributed by atoms with Gasteiger partial charge in [-0.15, -0.1) is 0 Å². The molecule has 0 aliphatic heterocycles. The van der Waals surface area contributed by atoms with Crippen LogP contribution in [0.3, 0.4) is 0 Å². The molecule has 0 fully saturated rings. The third kappa shape index (κ3) is 5.37. The molecule has 0 aliphatic carbocycles. The number of carbonyl (C=O) groups is 1. The van der Waals surface area contributed by atoms with E-state index in [9.17, 15) is 13.2 Å². The van der Waals surface area contributed by atoms with E-state index >= 15 is 0 Å². The number of amides is 1. The zero-order chi connectivity index (χ0) is 20.2. The molecule has 0 heterocycles. The van der Waals surface area contributed by atoms with Crippen LogP contribution >= 0.6 is 23.2 Å². The Morgan fingerprint density at radius 3 is 2.22 bits per heavy atom. The molecule has 0 radical (unpaired) electrons. The first-order valence-corrected chi connectivity index (χ1v) is 11.1. The van der Waals surface area contributed by atoms with Crippen molar-refractivity contribution in [3.63, 3.8) is 0 Å². The van der Waals surface area contributed by atoms with Gasteiger partial charge >= 0.3 is 0 Å². The fourth-order valence-corrected chi connectivity index (χ4v) is 4.60. The van der Waals surface area contributed by atoms with Crippen LogP contribution in [0, 0.1) is 0 Å². The molecule has 0 aromatic heterocycles. The third-order valence-corrected chi connectivity index (χ3v) is 5.70. The number of aryl methyl sites for hydroxylation is 1. The van der Waals surface area contributed by atoms with Crippen molar-refractivity contribution in [1.82, 2.24) is 0 Å². The van der Waals surface area contributed by atoms with Gasteiger partial charge in [-0.25, -0.2) is 8.42 Å². The second-order valence-electron chi connectivity index (χ2n) is 6.11. The highest BCUT2D eigenvalue weighted by Crippen LogP contribution is 2.30. The summed E-state index contributed by atoms with van der Waals surface area (Å²) in [7, 11) is -3.76. The van der Waals surface area contributed by atoms with Gasteiger partial charge in [0.05, 0.1) is 11.9 Å². The van der Waals surface area contributed by atoms with E-state index < -0.39 is 22.0 Å². The van der Waals surface area contributed by atoms with Crippen LogP contribution in [0.5, 0.6) is 0 Å². The maximum absolute atomic E-state index is 13.0. The van der Waals surface area contributed by atoms with E-state index in [-0.39, 0.29) is 22.2 Å². The normalized spacial score (nSPS) is 12.5. The van der Waals surface area contributed by atoms with Gasteiger partial charge in [-0.2, -0.15) is 0 Å². The summed E-state index contributed by atoms with van der Waals surface area (Å²) in [5.74, 6) is -0.417. The lowest BCUT2D eigenvalue weighted by atomic mass is 10.1. The Labute approximate surface area is 170 Å². The van der Waals surface area contributed by atoms with Crippen LogP contribution in [-0.4, -0.2) is 26.6 Å². The van der Waals surface area contributed by atoms with E-state index in [1.54, 1.807) is 13.0 Å². The van der Waals surface area contributed by atoms with Gasteiger partial charge in [-0.3, -0.25) is 9.10 Å². The molecule has 1 atom stereocenters. The summed E-state index contributed by atoms with van der Waals surface area (Å²) < 4.78 is 26.1. The van der Waals surface area contributed by atoms with E-state index in [1.807, 2.05) is 25.1 Å². The van der Waals surface area contributed by atoms with Crippen molar-refractivity contribution in [2.24, 2.45) is 0 Å². The zero-order valence-electron chi connectivity index (χ0n) is 15.4. The lowest BCUT2D eigenvalue weighted by Crippen LogP contribution is -2.47. The average molecular weight is 429 g/mol. The Bertz CT molecular complexity index is 912. The number of benzene rings is 2. The Balaban J connectivity index is 2.44. The number of rotatable bonds is 7. The van der Waals surface area contributed by atoms with Gasteiger partial charge in [-0.05, 0) is 42.7 Å². The van der Waals surface area contributed by atoms with Gasteiger partial charge in [0.15, 0.2) is 0 Å². The van der Waals surface area contributed by atoms with Crippen LogP contribution in [0.2, 0.25) is 10.0 Å². The summed E-state index contributed by atoms with van der Waals surface area (Å²) in [5.41, 5.74) is 1.89. The molecule has 0 saturated heterocycles. The van der Waals surface area contributed by atoms with Gasteiger partial charge in [-0.1, -0.05) is 55.2 Å². The van der Waals surface area contributed by atoms with Crippen molar-refractivity contribution in [1.29, 1.82) is 0 Å². The maximum atomic E-state index is 13.0. The number of halogens is 2. The molecule has 146 valence electrons. The minimum Gasteiger partial charge on any atom is -0.324 e. The fraction of sp³-hybridized carbons (Fsp3) is 0.316. The van der Waals surface area contributed by atoms with Gasteiger partial charge in [0.1, 0.15) is 6.04 Å². The van der Waals surface area contributed by atoms with E-state index in [1.165, 1.54) is 18.2 Å². The highest BCUT2D eigenvalue weighted by atomic mass is 35.5. The number of carbonyl (C=O) groups excluding carboxylic acids is 1. The van der Waals surface area contributed by atoms with Crippen molar-refractivity contribution < 1.29 is 13.2 Å². The van der Waals surface area contributed by atoms with Crippen LogP contribution < -0.4 is 9.62 Å². The second-order valence-corrected chi connectivity index (χ2v) is 8.84. The molecule has 1 N–H and O–H groups in total. The van der Waals surface area contributed by atoms with Gasteiger partial charge in [0.25, 0.3) is 0 Å². The Kier molecular flexibility index (Phi) is 7.14. The van der Waals surface area contributed by atoms with E-state index in [4.69, 9.17) is 23.2 Å². The van der Waals surface area contributed by atoms with Crippen LogP contribution in [0.4, 0.5) is 11.4 Å². The predicted octanol–water partition coefficient (Wildman–Crippen LogP) is 4.74. The molecule has 2 rings (SSSR count). The largest absolute Gasteiger partial charge is 0.324 e. The highest BCUT2D eigenvalue weighted by molar-refractivity contribution is 7.92. The van der Waals surface area contributed by atoms with Crippen molar-refractivity contribution in [3.05, 3.63) is 58.1 Å². The van der Waals surface area contributed by atoms with Crippen molar-refractivity contribution in [3.8, 4) is 0 Å². The van der Waals surface area contributed by atoms with Crippen LogP contribution in [0.15, 0.2) is 42.5 Å². The van der Waals surface area contributed by atoms with E-state index in [0.29, 0.717) is 5.69 Å². The smallest absolute Gasteiger partial charge is 0.248 e. The molecule has 2 aromatic rings. The van der Waals surface area contributed by atoms with Gasteiger partial charge in [0, 0.05) is 15.7 Å². The number of nitrogens with zero attached hydrogens (tertiary/aromatic N) is 1. The molecule has 2 aromatic carbocycles. The quantitative estimate of drug-likeness (QED) is 0.692. The maximum Gasteiger partial charge on any atom is 0.248 e. The molecule has 0 bridgehead atoms. The van der Waals surface area contributed by atoms with Crippen molar-refractivity contribution in [2.75, 3.05) is 15.9 Å². The lowest BCUT2D eigenvalue weighted by Gasteiger charge is -2.30. The SMILES string of the molecule is CCc1ccccc1NC(=O)C(CC)N(c1cc(Cl)cc(Cl)c1)S(C)(=O)=O. The molecule has 1 unspecified atom stereocenters. The molecule has 0 aliphatic rings. The number of sulfonamides is 1. The Morgan fingerprint density at radius 1 is 1.11 bits per heavy atom. The predicted molar refractivity (Wildman–Crippen MR) is 112 cm³/mol. The highest BCUT2D eigenvalue weighted by Gasteiger charge is 2.32. The van der Waals surface area contributed by atoms with E-state index in [2.05, 4.69) is 5.32 Å². The third-order valence-electron chi connectivity index (χ3n) is 4.09. The molecular weight excluding hydrogens is 407 g/mol. The van der Waals surface area contributed by atoms with Crippen LogP contribution in [-0.2, 0) is 21.2 Å². The van der Waals surface area contributed by atoms with Crippen molar-refractivity contribution in [2.45, 2.75) is 32.7 Å². The fourth-order valence-electron chi connectivity index (χ4n) is 2.89. The molecule has 27 heavy (non-hydrogen) atoms. The monoisotopic (exact) mass is 428 g/mol. The van der Waals surface area contributed by atoms with Gasteiger partial charge < -0.3 is 5.32 Å². The summed E-state index contributed by atoms with van der Waals surface area (Å²) in [4.78, 5) is 13.0. The van der Waals surface area contributed by atoms with Crippen LogP contribution in [0.25, 0.3) is 0 Å². The van der Waals surface area contributed by atoms with Crippen LogP contribution in [0.1, 0.15) is 25.8 Å².